The van der Waals surface area contributed by atoms with Crippen molar-refractivity contribution >= 4 is 35.3 Å². The van der Waals surface area contributed by atoms with Crippen LogP contribution in [-0.4, -0.2) is 24.4 Å². The number of thiophene rings is 1. The molecule has 2 N–H and O–H groups in total. The van der Waals surface area contributed by atoms with E-state index in [0.717, 1.165) is 11.3 Å². The van der Waals surface area contributed by atoms with Crippen LogP contribution in [0.2, 0.25) is 5.02 Å². The minimum atomic E-state index is -0.543. The number of aliphatic hydroxyl groups excluding tert-OH is 1. The number of nitrogens with one attached hydrogen (secondary N) is 1. The SMILES string of the molecule is Cc1cc(Cl)ccc1OCC(O)CNC(c1cccs1)C1CCCC1.Cl. The van der Waals surface area contributed by atoms with Crippen molar-refractivity contribution in [3.8, 4) is 5.75 Å². The predicted octanol–water partition coefficient (Wildman–Crippen LogP) is 5.39. The quantitative estimate of drug-likeness (QED) is 0.606. The van der Waals surface area contributed by atoms with E-state index in [-0.39, 0.29) is 19.0 Å². The first-order valence-electron chi connectivity index (χ1n) is 8.97. The zero-order valence-electron chi connectivity index (χ0n) is 15.0. The normalized spacial score (nSPS) is 16.9. The van der Waals surface area contributed by atoms with Gasteiger partial charge in [-0.15, -0.1) is 23.7 Å². The van der Waals surface area contributed by atoms with E-state index in [1.807, 2.05) is 19.1 Å². The van der Waals surface area contributed by atoms with Gasteiger partial charge in [0.15, 0.2) is 0 Å². The fraction of sp³-hybridized carbons (Fsp3) is 0.500. The summed E-state index contributed by atoms with van der Waals surface area (Å²) in [5, 5.41) is 16.7. The third kappa shape index (κ3) is 5.86. The average Bonchev–Trinajstić information content (AvgIpc) is 3.28. The van der Waals surface area contributed by atoms with Crippen LogP contribution in [0.1, 0.15) is 42.2 Å². The lowest BCUT2D eigenvalue weighted by molar-refractivity contribution is 0.101. The van der Waals surface area contributed by atoms with Crippen LogP contribution in [0.3, 0.4) is 0 Å². The highest BCUT2D eigenvalue weighted by Crippen LogP contribution is 2.37. The number of aryl methyl sites for hydroxylation is 1. The van der Waals surface area contributed by atoms with Gasteiger partial charge < -0.3 is 15.2 Å². The molecule has 3 rings (SSSR count). The molecule has 0 amide bonds. The van der Waals surface area contributed by atoms with E-state index in [1.165, 1.54) is 30.6 Å². The molecule has 2 atom stereocenters. The van der Waals surface area contributed by atoms with E-state index >= 15 is 0 Å². The summed E-state index contributed by atoms with van der Waals surface area (Å²) in [6, 6.07) is 10.2. The highest BCUT2D eigenvalue weighted by Gasteiger charge is 2.27. The third-order valence-corrected chi connectivity index (χ3v) is 6.05. The van der Waals surface area contributed by atoms with Crippen molar-refractivity contribution in [1.29, 1.82) is 0 Å². The molecule has 1 saturated carbocycles. The lowest BCUT2D eigenvalue weighted by atomic mass is 9.96. The van der Waals surface area contributed by atoms with Crippen molar-refractivity contribution < 1.29 is 9.84 Å². The summed E-state index contributed by atoms with van der Waals surface area (Å²) >= 11 is 7.76. The molecule has 2 aromatic rings. The van der Waals surface area contributed by atoms with Gasteiger partial charge in [-0.2, -0.15) is 0 Å². The van der Waals surface area contributed by atoms with Crippen molar-refractivity contribution in [3.05, 3.63) is 51.2 Å². The second-order valence-electron chi connectivity index (χ2n) is 6.82. The summed E-state index contributed by atoms with van der Waals surface area (Å²) in [6.45, 7) is 2.77. The number of rotatable bonds is 8. The molecule has 1 aromatic carbocycles. The first-order valence-corrected chi connectivity index (χ1v) is 10.2. The molecule has 2 unspecified atom stereocenters. The Morgan fingerprint density at radius 1 is 1.31 bits per heavy atom. The van der Waals surface area contributed by atoms with Gasteiger partial charge in [-0.25, -0.2) is 0 Å². The van der Waals surface area contributed by atoms with Crippen LogP contribution in [0.15, 0.2) is 35.7 Å². The van der Waals surface area contributed by atoms with Gasteiger partial charge >= 0.3 is 0 Å². The second-order valence-corrected chi connectivity index (χ2v) is 8.24. The first-order chi connectivity index (χ1) is 12.1. The molecule has 1 aromatic heterocycles. The van der Waals surface area contributed by atoms with Gasteiger partial charge in [-0.1, -0.05) is 30.5 Å². The zero-order chi connectivity index (χ0) is 17.6. The fourth-order valence-electron chi connectivity index (χ4n) is 3.54. The van der Waals surface area contributed by atoms with E-state index < -0.39 is 6.10 Å². The third-order valence-electron chi connectivity index (χ3n) is 4.86. The molecule has 26 heavy (non-hydrogen) atoms. The van der Waals surface area contributed by atoms with Gasteiger partial charge in [-0.05, 0) is 60.9 Å². The summed E-state index contributed by atoms with van der Waals surface area (Å²) in [7, 11) is 0. The molecule has 144 valence electrons. The summed E-state index contributed by atoms with van der Waals surface area (Å²) < 4.78 is 5.76. The molecule has 6 heteroatoms. The van der Waals surface area contributed by atoms with E-state index in [9.17, 15) is 5.11 Å². The summed E-state index contributed by atoms with van der Waals surface area (Å²) in [5.41, 5.74) is 0.982. The Labute approximate surface area is 171 Å². The Kier molecular flexibility index (Phi) is 8.71. The lowest BCUT2D eigenvalue weighted by Crippen LogP contribution is -2.36. The number of halogens is 2. The first kappa shape index (κ1) is 21.5. The fourth-order valence-corrected chi connectivity index (χ4v) is 4.66. The summed E-state index contributed by atoms with van der Waals surface area (Å²) in [5.74, 6) is 1.44. The average molecular weight is 416 g/mol. The van der Waals surface area contributed by atoms with Crippen molar-refractivity contribution in [2.75, 3.05) is 13.2 Å². The number of benzene rings is 1. The van der Waals surface area contributed by atoms with Gasteiger partial charge in [-0.3, -0.25) is 0 Å². The molecule has 0 bridgehead atoms. The summed E-state index contributed by atoms with van der Waals surface area (Å²) in [6.07, 6.45) is 4.63. The Balaban J connectivity index is 0.00000243. The Hall–Kier alpha value is -0.780. The molecule has 1 aliphatic carbocycles. The highest BCUT2D eigenvalue weighted by atomic mass is 35.5. The monoisotopic (exact) mass is 415 g/mol. The van der Waals surface area contributed by atoms with Gasteiger partial charge in [0.1, 0.15) is 18.5 Å². The molecule has 0 spiro atoms. The molecule has 0 aliphatic heterocycles. The minimum Gasteiger partial charge on any atom is -0.491 e. The maximum Gasteiger partial charge on any atom is 0.122 e. The van der Waals surface area contributed by atoms with Crippen LogP contribution in [-0.2, 0) is 0 Å². The van der Waals surface area contributed by atoms with E-state index in [1.54, 1.807) is 17.4 Å². The van der Waals surface area contributed by atoms with Crippen molar-refractivity contribution in [2.24, 2.45) is 5.92 Å². The van der Waals surface area contributed by atoms with E-state index in [0.29, 0.717) is 23.5 Å². The summed E-state index contributed by atoms with van der Waals surface area (Å²) in [4.78, 5) is 1.37. The van der Waals surface area contributed by atoms with E-state index in [2.05, 4.69) is 22.8 Å². The van der Waals surface area contributed by atoms with Gasteiger partial charge in [0.05, 0.1) is 0 Å². The van der Waals surface area contributed by atoms with E-state index in [4.69, 9.17) is 16.3 Å². The van der Waals surface area contributed by atoms with Gasteiger partial charge in [0.2, 0.25) is 0 Å². The minimum absolute atomic E-state index is 0. The Bertz CT molecular complexity index is 660. The largest absolute Gasteiger partial charge is 0.491 e. The van der Waals surface area contributed by atoms with Crippen molar-refractivity contribution in [1.82, 2.24) is 5.32 Å². The Morgan fingerprint density at radius 2 is 2.08 bits per heavy atom. The molecule has 0 saturated heterocycles. The van der Waals surface area contributed by atoms with Gasteiger partial charge in [0.25, 0.3) is 0 Å². The van der Waals surface area contributed by atoms with Crippen LogP contribution in [0.4, 0.5) is 0 Å². The second kappa shape index (κ2) is 10.5. The van der Waals surface area contributed by atoms with Gasteiger partial charge in [0, 0.05) is 22.5 Å². The molecular formula is C20H27Cl2NO2S. The topological polar surface area (TPSA) is 41.5 Å². The van der Waals surface area contributed by atoms with Crippen LogP contribution < -0.4 is 10.1 Å². The van der Waals surface area contributed by atoms with Crippen LogP contribution in [0, 0.1) is 12.8 Å². The highest BCUT2D eigenvalue weighted by molar-refractivity contribution is 7.10. The van der Waals surface area contributed by atoms with Crippen LogP contribution in [0.25, 0.3) is 0 Å². The maximum absolute atomic E-state index is 10.3. The van der Waals surface area contributed by atoms with Crippen LogP contribution >= 0.6 is 35.3 Å². The maximum atomic E-state index is 10.3. The number of aliphatic hydroxyl groups is 1. The van der Waals surface area contributed by atoms with Crippen molar-refractivity contribution in [3.63, 3.8) is 0 Å². The van der Waals surface area contributed by atoms with Crippen molar-refractivity contribution in [2.45, 2.75) is 44.8 Å². The standard InChI is InChI=1S/C20H26ClNO2S.ClH/c1-14-11-16(21)8-9-18(14)24-13-17(23)12-22-20(15-5-2-3-6-15)19-7-4-10-25-19;/h4,7-11,15,17,20,22-23H,2-3,5-6,12-13H2,1H3;1H. The Morgan fingerprint density at radius 3 is 2.73 bits per heavy atom. The number of hydrogen-bond donors (Lipinski definition) is 2. The molecular weight excluding hydrogens is 389 g/mol. The molecule has 1 fully saturated rings. The molecule has 0 radical (unpaired) electrons. The number of ether oxygens (including phenoxy) is 1. The smallest absolute Gasteiger partial charge is 0.122 e. The zero-order valence-corrected chi connectivity index (χ0v) is 17.4. The predicted molar refractivity (Wildman–Crippen MR) is 112 cm³/mol. The van der Waals surface area contributed by atoms with Crippen LogP contribution in [0.5, 0.6) is 5.75 Å². The molecule has 1 aliphatic rings. The number of hydrogen-bond acceptors (Lipinski definition) is 4. The molecule has 3 nitrogen and oxygen atoms in total. The molecule has 1 heterocycles. The lowest BCUT2D eigenvalue weighted by Gasteiger charge is -2.25.